The maximum Gasteiger partial charge on any atom is 0.329 e. The van der Waals surface area contributed by atoms with E-state index in [9.17, 15) is 19.2 Å². The first-order valence-corrected chi connectivity index (χ1v) is 7.06. The number of esters is 1. The summed E-state index contributed by atoms with van der Waals surface area (Å²) in [6.07, 6.45) is -0.265. The van der Waals surface area contributed by atoms with Crippen LogP contribution < -0.4 is 0 Å². The predicted octanol–water partition coefficient (Wildman–Crippen LogP) is 0.131. The Hall–Kier alpha value is -1.57. The van der Waals surface area contributed by atoms with Crippen LogP contribution in [0.25, 0.3) is 0 Å². The molecule has 0 aromatic rings. The van der Waals surface area contributed by atoms with Gasteiger partial charge in [-0.05, 0) is 5.92 Å². The van der Waals surface area contributed by atoms with Gasteiger partial charge in [-0.15, -0.1) is 0 Å². The summed E-state index contributed by atoms with van der Waals surface area (Å²) in [7, 11) is 1.15. The fraction of sp³-hybridized carbons (Fsp3) is 0.667. The second-order valence-corrected chi connectivity index (χ2v) is 5.75. The lowest BCUT2D eigenvalue weighted by Crippen LogP contribution is -2.44. The number of methoxy groups -OCH3 is 1. The quantitative estimate of drug-likeness (QED) is 0.696. The van der Waals surface area contributed by atoms with Crippen LogP contribution in [-0.2, 0) is 23.9 Å². The second kappa shape index (κ2) is 7.28. The number of carboxylic acid groups (broad SMARTS) is 1. The normalized spacial score (nSPS) is 19.8. The van der Waals surface area contributed by atoms with Gasteiger partial charge in [0.2, 0.25) is 5.91 Å². The van der Waals surface area contributed by atoms with Gasteiger partial charge in [0.1, 0.15) is 6.04 Å². The number of aliphatic carboxylic acids is 1. The molecule has 0 saturated carbocycles. The Bertz CT molecular complexity index is 424. The van der Waals surface area contributed by atoms with E-state index in [0.29, 0.717) is 5.75 Å². The molecule has 1 heterocycles. The van der Waals surface area contributed by atoms with E-state index in [1.165, 1.54) is 11.8 Å². The molecule has 0 aliphatic carbocycles. The summed E-state index contributed by atoms with van der Waals surface area (Å²) in [4.78, 5) is 46.5. The number of nitrogens with zero attached hydrogens (tertiary/aromatic N) is 1. The SMILES string of the molecule is COC(=O)[C@@H](CC(=O)O)N1CC(CSC(C)=O)CC1=O. The Morgan fingerprint density at radius 2 is 2.15 bits per heavy atom. The number of likely N-dealkylation sites (tertiary alicyclic amines) is 1. The van der Waals surface area contributed by atoms with E-state index in [0.717, 1.165) is 18.9 Å². The number of carbonyl (C=O) groups is 4. The number of amides is 1. The summed E-state index contributed by atoms with van der Waals surface area (Å²) in [5.41, 5.74) is 0. The predicted molar refractivity (Wildman–Crippen MR) is 71.0 cm³/mol. The standard InChI is InChI=1S/C12H17NO6S/c1-7(14)20-6-8-3-10(15)13(5-8)9(4-11(16)17)12(18)19-2/h8-9H,3-6H2,1-2H3,(H,16,17)/t8?,9-/m1/s1. The Kier molecular flexibility index (Phi) is 6.00. The van der Waals surface area contributed by atoms with E-state index in [4.69, 9.17) is 5.11 Å². The molecule has 1 aliphatic heterocycles. The molecule has 1 unspecified atom stereocenters. The first-order chi connectivity index (χ1) is 9.35. The zero-order valence-electron chi connectivity index (χ0n) is 11.3. The van der Waals surface area contributed by atoms with Crippen molar-refractivity contribution >= 4 is 34.7 Å². The van der Waals surface area contributed by atoms with Crippen LogP contribution in [0, 0.1) is 5.92 Å². The van der Waals surface area contributed by atoms with Crippen LogP contribution in [-0.4, -0.2) is 58.4 Å². The molecule has 0 aromatic heterocycles. The molecule has 112 valence electrons. The fourth-order valence-electron chi connectivity index (χ4n) is 2.08. The van der Waals surface area contributed by atoms with Crippen molar-refractivity contribution in [3.63, 3.8) is 0 Å². The summed E-state index contributed by atoms with van der Waals surface area (Å²) in [6, 6.07) is -1.10. The van der Waals surface area contributed by atoms with Crippen LogP contribution in [0.2, 0.25) is 0 Å². The van der Waals surface area contributed by atoms with Crippen LogP contribution in [0.5, 0.6) is 0 Å². The van der Waals surface area contributed by atoms with E-state index in [1.54, 1.807) is 0 Å². The van der Waals surface area contributed by atoms with E-state index in [1.807, 2.05) is 0 Å². The van der Waals surface area contributed by atoms with E-state index in [-0.39, 0.29) is 29.9 Å². The highest BCUT2D eigenvalue weighted by Crippen LogP contribution is 2.25. The van der Waals surface area contributed by atoms with Gasteiger partial charge in [0.25, 0.3) is 0 Å². The zero-order valence-corrected chi connectivity index (χ0v) is 12.1. The molecule has 7 nitrogen and oxygen atoms in total. The molecule has 0 aromatic carbocycles. The first kappa shape index (κ1) is 16.5. The van der Waals surface area contributed by atoms with Gasteiger partial charge in [-0.1, -0.05) is 11.8 Å². The van der Waals surface area contributed by atoms with Crippen LogP contribution in [0.1, 0.15) is 19.8 Å². The molecule has 0 radical (unpaired) electrons. The van der Waals surface area contributed by atoms with Gasteiger partial charge in [0.05, 0.1) is 13.5 Å². The largest absolute Gasteiger partial charge is 0.481 e. The number of carbonyl (C=O) groups excluding carboxylic acids is 3. The number of carboxylic acids is 1. The average molecular weight is 303 g/mol. The van der Waals surface area contributed by atoms with Crippen molar-refractivity contribution < 1.29 is 29.0 Å². The number of hydrogen-bond donors (Lipinski definition) is 1. The van der Waals surface area contributed by atoms with Crippen molar-refractivity contribution in [2.24, 2.45) is 5.92 Å². The van der Waals surface area contributed by atoms with Crippen molar-refractivity contribution in [2.75, 3.05) is 19.4 Å². The lowest BCUT2D eigenvalue weighted by Gasteiger charge is -2.24. The zero-order chi connectivity index (χ0) is 15.3. The highest BCUT2D eigenvalue weighted by Gasteiger charge is 2.39. The van der Waals surface area contributed by atoms with Gasteiger partial charge in [-0.3, -0.25) is 14.4 Å². The molecule has 1 fully saturated rings. The van der Waals surface area contributed by atoms with Crippen LogP contribution >= 0.6 is 11.8 Å². The molecule has 1 saturated heterocycles. The summed E-state index contributed by atoms with van der Waals surface area (Å²) in [5, 5.41) is 8.79. The van der Waals surface area contributed by atoms with Crippen molar-refractivity contribution in [3.8, 4) is 0 Å². The minimum absolute atomic E-state index is 0.0362. The minimum Gasteiger partial charge on any atom is -0.481 e. The maximum atomic E-state index is 11.9. The minimum atomic E-state index is -1.17. The third kappa shape index (κ3) is 4.52. The number of ether oxygens (including phenoxy) is 1. The Morgan fingerprint density at radius 3 is 2.65 bits per heavy atom. The van der Waals surface area contributed by atoms with Gasteiger partial charge in [0.15, 0.2) is 5.12 Å². The summed E-state index contributed by atoms with van der Waals surface area (Å²) >= 11 is 1.12. The molecular formula is C12H17NO6S. The van der Waals surface area contributed by atoms with E-state index >= 15 is 0 Å². The molecule has 2 atom stereocenters. The number of thioether (sulfide) groups is 1. The summed E-state index contributed by atoms with van der Waals surface area (Å²) in [5.74, 6) is -1.76. The maximum absolute atomic E-state index is 11.9. The summed E-state index contributed by atoms with van der Waals surface area (Å²) < 4.78 is 4.55. The third-order valence-electron chi connectivity index (χ3n) is 2.98. The van der Waals surface area contributed by atoms with E-state index < -0.39 is 24.4 Å². The smallest absolute Gasteiger partial charge is 0.329 e. The van der Waals surface area contributed by atoms with Crippen molar-refractivity contribution in [2.45, 2.75) is 25.8 Å². The topological polar surface area (TPSA) is 101 Å². The van der Waals surface area contributed by atoms with Gasteiger partial charge >= 0.3 is 11.9 Å². The molecule has 8 heteroatoms. The molecule has 1 aliphatic rings. The number of rotatable bonds is 6. The highest BCUT2D eigenvalue weighted by atomic mass is 32.2. The summed E-state index contributed by atoms with van der Waals surface area (Å²) in [6.45, 7) is 1.72. The van der Waals surface area contributed by atoms with E-state index in [2.05, 4.69) is 4.74 Å². The molecule has 0 spiro atoms. The molecular weight excluding hydrogens is 286 g/mol. The van der Waals surface area contributed by atoms with Crippen LogP contribution in [0.4, 0.5) is 0 Å². The van der Waals surface area contributed by atoms with Crippen LogP contribution in [0.15, 0.2) is 0 Å². The molecule has 1 N–H and O–H groups in total. The third-order valence-corrected chi connectivity index (χ3v) is 4.02. The molecule has 1 rings (SSSR count). The monoisotopic (exact) mass is 303 g/mol. The van der Waals surface area contributed by atoms with Crippen molar-refractivity contribution in [1.29, 1.82) is 0 Å². The van der Waals surface area contributed by atoms with Gasteiger partial charge in [-0.25, -0.2) is 4.79 Å². The van der Waals surface area contributed by atoms with Gasteiger partial charge in [0, 0.05) is 25.6 Å². The first-order valence-electron chi connectivity index (χ1n) is 6.07. The van der Waals surface area contributed by atoms with Crippen molar-refractivity contribution in [3.05, 3.63) is 0 Å². The lowest BCUT2D eigenvalue weighted by molar-refractivity contribution is -0.155. The Morgan fingerprint density at radius 1 is 1.50 bits per heavy atom. The fourth-order valence-corrected chi connectivity index (χ4v) is 2.77. The second-order valence-electron chi connectivity index (χ2n) is 4.56. The number of hydrogen-bond acceptors (Lipinski definition) is 6. The lowest BCUT2D eigenvalue weighted by atomic mass is 10.1. The van der Waals surface area contributed by atoms with Crippen LogP contribution in [0.3, 0.4) is 0 Å². The highest BCUT2D eigenvalue weighted by molar-refractivity contribution is 8.13. The average Bonchev–Trinajstić information content (AvgIpc) is 2.73. The molecule has 20 heavy (non-hydrogen) atoms. The van der Waals surface area contributed by atoms with Gasteiger partial charge < -0.3 is 14.7 Å². The van der Waals surface area contributed by atoms with Crippen molar-refractivity contribution in [1.82, 2.24) is 4.90 Å². The molecule has 0 bridgehead atoms. The molecule has 1 amide bonds. The Labute approximate surface area is 120 Å². The van der Waals surface area contributed by atoms with Gasteiger partial charge in [-0.2, -0.15) is 0 Å². The Balaban J connectivity index is 2.71.